The Labute approximate surface area is 157 Å². The normalized spacial score (nSPS) is 54.1. The average molecular weight is 366 g/mol. The van der Waals surface area contributed by atoms with Gasteiger partial charge in [-0.25, -0.2) is 0 Å². The summed E-state index contributed by atoms with van der Waals surface area (Å²) in [6.45, 7) is 5.46. The Balaban J connectivity index is 1.38. The van der Waals surface area contributed by atoms with Crippen LogP contribution in [0, 0.1) is 29.6 Å². The summed E-state index contributed by atoms with van der Waals surface area (Å²) in [6.07, 6.45) is 7.40. The van der Waals surface area contributed by atoms with Crippen LogP contribution in [0.5, 0.6) is 0 Å². The maximum Gasteiger partial charge on any atom is 0.147 e. The minimum Gasteiger partial charge on any atom is -0.379 e. The van der Waals surface area contributed by atoms with Gasteiger partial charge in [0.2, 0.25) is 0 Å². The fraction of sp³-hybridized carbons (Fsp3) is 1.00. The third kappa shape index (κ3) is 2.69. The Morgan fingerprint density at radius 2 is 1.69 bits per heavy atom. The van der Waals surface area contributed by atoms with E-state index in [1.54, 1.807) is 0 Å². The van der Waals surface area contributed by atoms with Crippen molar-refractivity contribution in [3.63, 3.8) is 0 Å². The molecule has 148 valence electrons. The first kappa shape index (κ1) is 17.9. The van der Waals surface area contributed by atoms with E-state index in [0.717, 1.165) is 36.1 Å². The highest BCUT2D eigenvalue weighted by Crippen LogP contribution is 2.52. The molecular formula is C21H35NO4. The van der Waals surface area contributed by atoms with Crippen LogP contribution in [0.2, 0.25) is 0 Å². The van der Waals surface area contributed by atoms with Gasteiger partial charge in [-0.15, -0.1) is 0 Å². The molecule has 3 aliphatic heterocycles. The number of ether oxygens (including phenoxy) is 4. The molecule has 5 nitrogen and oxygen atoms in total. The van der Waals surface area contributed by atoms with Gasteiger partial charge >= 0.3 is 0 Å². The molecule has 0 amide bonds. The number of piperidine rings is 2. The molecule has 10 atom stereocenters. The number of methoxy groups -OCH3 is 2. The molecule has 0 aromatic carbocycles. The van der Waals surface area contributed by atoms with Crippen LogP contribution in [0.3, 0.4) is 0 Å². The van der Waals surface area contributed by atoms with Gasteiger partial charge in [-0.05, 0) is 62.3 Å². The monoisotopic (exact) mass is 365 g/mol. The van der Waals surface area contributed by atoms with E-state index in [-0.39, 0.29) is 12.2 Å². The molecule has 5 fully saturated rings. The quantitative estimate of drug-likeness (QED) is 0.752. The fourth-order valence-corrected chi connectivity index (χ4v) is 7.49. The van der Waals surface area contributed by atoms with E-state index < -0.39 is 0 Å². The van der Waals surface area contributed by atoms with E-state index in [1.807, 2.05) is 14.2 Å². The van der Waals surface area contributed by atoms with Gasteiger partial charge in [0.1, 0.15) is 6.79 Å². The molecule has 3 heterocycles. The summed E-state index contributed by atoms with van der Waals surface area (Å²) < 4.78 is 23.5. The molecule has 5 aliphatic rings. The molecule has 0 radical (unpaired) electrons. The van der Waals surface area contributed by atoms with Gasteiger partial charge in [0.05, 0.1) is 24.4 Å². The molecule has 0 spiro atoms. The van der Waals surface area contributed by atoms with Crippen LogP contribution in [-0.2, 0) is 18.9 Å². The second kappa shape index (κ2) is 7.00. The first-order valence-electron chi connectivity index (χ1n) is 10.7. The van der Waals surface area contributed by atoms with Crippen molar-refractivity contribution in [3.05, 3.63) is 0 Å². The zero-order valence-electron chi connectivity index (χ0n) is 16.5. The second-order valence-corrected chi connectivity index (χ2v) is 9.44. The maximum absolute atomic E-state index is 5.97. The SMILES string of the molecule is COC1CCC2C(C)C3C4CC5OCOC5CC4CCN3CC2C1OC. The van der Waals surface area contributed by atoms with Gasteiger partial charge in [0.15, 0.2) is 0 Å². The van der Waals surface area contributed by atoms with E-state index in [2.05, 4.69) is 11.8 Å². The Kier molecular flexibility index (Phi) is 4.81. The molecule has 0 bridgehead atoms. The van der Waals surface area contributed by atoms with Crippen molar-refractivity contribution in [2.24, 2.45) is 29.6 Å². The van der Waals surface area contributed by atoms with Gasteiger partial charge in [-0.2, -0.15) is 0 Å². The lowest BCUT2D eigenvalue weighted by atomic mass is 9.58. The number of hydrogen-bond donors (Lipinski definition) is 0. The van der Waals surface area contributed by atoms with Crippen LogP contribution < -0.4 is 0 Å². The predicted molar refractivity (Wildman–Crippen MR) is 97.8 cm³/mol. The molecule has 5 heteroatoms. The molecule has 26 heavy (non-hydrogen) atoms. The summed E-state index contributed by atoms with van der Waals surface area (Å²) in [6, 6.07) is 0.719. The number of hydrogen-bond acceptors (Lipinski definition) is 5. The number of rotatable bonds is 2. The van der Waals surface area contributed by atoms with Crippen molar-refractivity contribution in [1.29, 1.82) is 0 Å². The number of fused-ring (bicyclic) bond motifs is 5. The lowest BCUT2D eigenvalue weighted by molar-refractivity contribution is -0.165. The summed E-state index contributed by atoms with van der Waals surface area (Å²) in [5.41, 5.74) is 0. The first-order valence-corrected chi connectivity index (χ1v) is 10.7. The van der Waals surface area contributed by atoms with Gasteiger partial charge in [0, 0.05) is 32.7 Å². The molecule has 0 aromatic heterocycles. The van der Waals surface area contributed by atoms with E-state index in [4.69, 9.17) is 18.9 Å². The predicted octanol–water partition coefficient (Wildman–Crippen LogP) is 2.53. The Hall–Kier alpha value is -0.200. The average Bonchev–Trinajstić information content (AvgIpc) is 3.12. The van der Waals surface area contributed by atoms with Crippen molar-refractivity contribution in [1.82, 2.24) is 4.90 Å². The molecule has 2 saturated carbocycles. The highest BCUT2D eigenvalue weighted by atomic mass is 16.7. The fourth-order valence-electron chi connectivity index (χ4n) is 7.49. The van der Waals surface area contributed by atoms with E-state index in [9.17, 15) is 0 Å². The van der Waals surface area contributed by atoms with Gasteiger partial charge in [-0.3, -0.25) is 4.90 Å². The van der Waals surface area contributed by atoms with Crippen LogP contribution in [0.25, 0.3) is 0 Å². The van der Waals surface area contributed by atoms with E-state index in [0.29, 0.717) is 24.9 Å². The smallest absolute Gasteiger partial charge is 0.147 e. The first-order chi connectivity index (χ1) is 12.7. The van der Waals surface area contributed by atoms with Crippen molar-refractivity contribution >= 4 is 0 Å². The lowest BCUT2D eigenvalue weighted by Gasteiger charge is -2.60. The molecule has 5 rings (SSSR count). The van der Waals surface area contributed by atoms with E-state index in [1.165, 1.54) is 38.8 Å². The van der Waals surface area contributed by atoms with Crippen molar-refractivity contribution in [2.45, 2.75) is 69.5 Å². The summed E-state index contributed by atoms with van der Waals surface area (Å²) in [5.74, 6) is 3.72. The molecular weight excluding hydrogens is 330 g/mol. The summed E-state index contributed by atoms with van der Waals surface area (Å²) in [7, 11) is 3.72. The zero-order chi connectivity index (χ0) is 17.8. The van der Waals surface area contributed by atoms with Crippen molar-refractivity contribution in [3.8, 4) is 0 Å². The number of nitrogens with zero attached hydrogens (tertiary/aromatic N) is 1. The molecule has 3 saturated heterocycles. The molecule has 10 unspecified atom stereocenters. The van der Waals surface area contributed by atoms with Gasteiger partial charge in [0.25, 0.3) is 0 Å². The van der Waals surface area contributed by atoms with Gasteiger partial charge < -0.3 is 18.9 Å². The Morgan fingerprint density at radius 1 is 0.885 bits per heavy atom. The Morgan fingerprint density at radius 3 is 2.46 bits per heavy atom. The Bertz CT molecular complexity index is 516. The molecule has 0 N–H and O–H groups in total. The van der Waals surface area contributed by atoms with Crippen LogP contribution in [0.1, 0.15) is 39.0 Å². The second-order valence-electron chi connectivity index (χ2n) is 9.44. The van der Waals surface area contributed by atoms with Crippen molar-refractivity contribution < 1.29 is 18.9 Å². The van der Waals surface area contributed by atoms with E-state index >= 15 is 0 Å². The van der Waals surface area contributed by atoms with Gasteiger partial charge in [-0.1, -0.05) is 6.92 Å². The summed E-state index contributed by atoms with van der Waals surface area (Å²) >= 11 is 0. The largest absolute Gasteiger partial charge is 0.379 e. The molecule has 2 aliphatic carbocycles. The highest BCUT2D eigenvalue weighted by molar-refractivity contribution is 5.06. The highest BCUT2D eigenvalue weighted by Gasteiger charge is 2.55. The minimum atomic E-state index is 0.252. The molecule has 0 aromatic rings. The topological polar surface area (TPSA) is 40.2 Å². The van der Waals surface area contributed by atoms with Crippen LogP contribution in [0.4, 0.5) is 0 Å². The standard InChI is InChI=1S/C21H35NO4/c1-12-14-4-5-17(23-2)21(24-3)16(14)10-22-7-6-13-8-18-19(26-11-25-18)9-15(13)20(12)22/h12-21H,4-11H2,1-3H3. The van der Waals surface area contributed by atoms with Crippen molar-refractivity contribution in [2.75, 3.05) is 34.1 Å². The van der Waals surface area contributed by atoms with Crippen LogP contribution >= 0.6 is 0 Å². The lowest BCUT2D eigenvalue weighted by Crippen LogP contribution is -2.65. The zero-order valence-corrected chi connectivity index (χ0v) is 16.5. The van der Waals surface area contributed by atoms with Crippen LogP contribution in [-0.4, -0.2) is 69.5 Å². The summed E-state index contributed by atoms with van der Waals surface area (Å²) in [4.78, 5) is 2.81. The maximum atomic E-state index is 5.97. The minimum absolute atomic E-state index is 0.252. The third-order valence-corrected chi connectivity index (χ3v) is 8.63. The van der Waals surface area contributed by atoms with Crippen LogP contribution in [0.15, 0.2) is 0 Å². The third-order valence-electron chi connectivity index (χ3n) is 8.63. The summed E-state index contributed by atoms with van der Waals surface area (Å²) in [5, 5.41) is 0.